The van der Waals surface area contributed by atoms with Gasteiger partial charge in [-0.15, -0.1) is 0 Å². The van der Waals surface area contributed by atoms with Crippen LogP contribution in [-0.4, -0.2) is 20.4 Å². The summed E-state index contributed by atoms with van der Waals surface area (Å²) in [5, 5.41) is 3.03. The molecular weight excluding hydrogens is 403 g/mol. The van der Waals surface area contributed by atoms with Crippen molar-refractivity contribution in [2.24, 2.45) is 0 Å². The highest BCUT2D eigenvalue weighted by Gasteiger charge is 2.24. The molecule has 6 heteroatoms. The van der Waals surface area contributed by atoms with Crippen molar-refractivity contribution in [3.05, 3.63) is 94.8 Å². The number of halogens is 1. The minimum Gasteiger partial charge on any atom is -0.349 e. The highest BCUT2D eigenvalue weighted by atomic mass is 19.1. The quantitative estimate of drug-likeness (QED) is 0.447. The van der Waals surface area contributed by atoms with Gasteiger partial charge in [-0.3, -0.25) is 9.78 Å². The number of rotatable bonds is 7. The Morgan fingerprint density at radius 2 is 1.84 bits per heavy atom. The van der Waals surface area contributed by atoms with E-state index in [1.54, 1.807) is 18.3 Å². The SMILES string of the molecule is CCC(C(=O)NCc1ccccn1)n1c(Cc2ccc(F)cc2)nc2cc(C)c(C)cc21. The number of hydrogen-bond acceptors (Lipinski definition) is 3. The summed E-state index contributed by atoms with van der Waals surface area (Å²) in [7, 11) is 0. The molecule has 0 bridgehead atoms. The fourth-order valence-corrected chi connectivity index (χ4v) is 3.94. The van der Waals surface area contributed by atoms with Gasteiger partial charge < -0.3 is 9.88 Å². The fourth-order valence-electron chi connectivity index (χ4n) is 3.94. The summed E-state index contributed by atoms with van der Waals surface area (Å²) >= 11 is 0. The molecular formula is C26H27FN4O. The monoisotopic (exact) mass is 430 g/mol. The number of benzene rings is 2. The van der Waals surface area contributed by atoms with Crippen LogP contribution in [0.2, 0.25) is 0 Å². The first-order chi connectivity index (χ1) is 15.5. The molecule has 1 unspecified atom stereocenters. The summed E-state index contributed by atoms with van der Waals surface area (Å²) in [4.78, 5) is 22.4. The van der Waals surface area contributed by atoms with Gasteiger partial charge in [-0.1, -0.05) is 25.1 Å². The lowest BCUT2D eigenvalue weighted by molar-refractivity contribution is -0.124. The molecule has 2 aromatic carbocycles. The number of hydrogen-bond donors (Lipinski definition) is 1. The summed E-state index contributed by atoms with van der Waals surface area (Å²) in [5.41, 5.74) is 5.86. The van der Waals surface area contributed by atoms with Crippen molar-refractivity contribution < 1.29 is 9.18 Å². The Hall–Kier alpha value is -3.54. The maximum atomic E-state index is 13.4. The van der Waals surface area contributed by atoms with E-state index >= 15 is 0 Å². The zero-order valence-corrected chi connectivity index (χ0v) is 18.6. The Kier molecular flexibility index (Phi) is 6.30. The van der Waals surface area contributed by atoms with Gasteiger partial charge in [0.15, 0.2) is 0 Å². The molecule has 1 atom stereocenters. The van der Waals surface area contributed by atoms with Crippen molar-refractivity contribution in [2.45, 2.75) is 46.2 Å². The van der Waals surface area contributed by atoms with Crippen LogP contribution in [0.3, 0.4) is 0 Å². The Labute approximate surface area is 187 Å². The molecule has 0 spiro atoms. The van der Waals surface area contributed by atoms with Gasteiger partial charge in [0.25, 0.3) is 0 Å². The third-order valence-corrected chi connectivity index (χ3v) is 5.82. The third-order valence-electron chi connectivity index (χ3n) is 5.82. The molecule has 0 radical (unpaired) electrons. The van der Waals surface area contributed by atoms with E-state index in [4.69, 9.17) is 4.98 Å². The molecule has 1 N–H and O–H groups in total. The van der Waals surface area contributed by atoms with Crippen molar-refractivity contribution in [3.8, 4) is 0 Å². The van der Waals surface area contributed by atoms with Gasteiger partial charge >= 0.3 is 0 Å². The molecule has 4 rings (SSSR count). The molecule has 164 valence electrons. The number of nitrogens with one attached hydrogen (secondary N) is 1. The van der Waals surface area contributed by atoms with Crippen molar-refractivity contribution in [2.75, 3.05) is 0 Å². The van der Waals surface area contributed by atoms with Crippen LogP contribution < -0.4 is 5.32 Å². The number of nitrogens with zero attached hydrogens (tertiary/aromatic N) is 3. The van der Waals surface area contributed by atoms with Crippen LogP contribution in [0.4, 0.5) is 4.39 Å². The van der Waals surface area contributed by atoms with Gasteiger partial charge in [0.1, 0.15) is 17.7 Å². The molecule has 0 aliphatic heterocycles. The standard InChI is InChI=1S/C26H27FN4O/c1-4-23(26(32)29-16-21-7-5-6-12-28-21)31-24-14-18(3)17(2)13-22(24)30-25(31)15-19-8-10-20(27)11-9-19/h5-14,23H,4,15-16H2,1-3H3,(H,29,32). The van der Waals surface area contributed by atoms with E-state index in [0.717, 1.165) is 39.2 Å². The average Bonchev–Trinajstić information content (AvgIpc) is 3.12. The van der Waals surface area contributed by atoms with Gasteiger partial charge in [0, 0.05) is 12.6 Å². The lowest BCUT2D eigenvalue weighted by atomic mass is 10.1. The first kappa shape index (κ1) is 21.7. The minimum atomic E-state index is -0.415. The molecule has 0 aliphatic carbocycles. The number of amides is 1. The molecule has 4 aromatic rings. The number of carbonyl (C=O) groups excluding carboxylic acids is 1. The van der Waals surface area contributed by atoms with Crippen molar-refractivity contribution in [3.63, 3.8) is 0 Å². The minimum absolute atomic E-state index is 0.0731. The predicted octanol–water partition coefficient (Wildman–Crippen LogP) is 5.05. The number of carbonyl (C=O) groups is 1. The van der Waals surface area contributed by atoms with Gasteiger partial charge in [0.05, 0.1) is 23.3 Å². The molecule has 2 heterocycles. The molecule has 5 nitrogen and oxygen atoms in total. The number of pyridine rings is 1. The van der Waals surface area contributed by atoms with Crippen LogP contribution in [0.5, 0.6) is 0 Å². The van der Waals surface area contributed by atoms with E-state index in [1.165, 1.54) is 12.1 Å². The highest BCUT2D eigenvalue weighted by molar-refractivity contribution is 5.85. The van der Waals surface area contributed by atoms with E-state index in [2.05, 4.69) is 36.3 Å². The molecule has 0 fully saturated rings. The second-order valence-electron chi connectivity index (χ2n) is 8.09. The Bertz CT molecular complexity index is 1230. The Morgan fingerprint density at radius 3 is 2.53 bits per heavy atom. The maximum Gasteiger partial charge on any atom is 0.243 e. The summed E-state index contributed by atoms with van der Waals surface area (Å²) in [6.07, 6.45) is 2.84. The number of aryl methyl sites for hydroxylation is 2. The molecule has 0 saturated carbocycles. The van der Waals surface area contributed by atoms with E-state index in [1.807, 2.05) is 29.7 Å². The van der Waals surface area contributed by atoms with Crippen LogP contribution in [0, 0.1) is 19.7 Å². The van der Waals surface area contributed by atoms with Crippen LogP contribution in [0.15, 0.2) is 60.8 Å². The number of aromatic nitrogens is 3. The lowest BCUT2D eigenvalue weighted by Crippen LogP contribution is -2.33. The largest absolute Gasteiger partial charge is 0.349 e. The number of fused-ring (bicyclic) bond motifs is 1. The van der Waals surface area contributed by atoms with Crippen LogP contribution in [0.1, 0.15) is 47.6 Å². The lowest BCUT2D eigenvalue weighted by Gasteiger charge is -2.20. The number of imidazole rings is 1. The topological polar surface area (TPSA) is 59.8 Å². The second-order valence-corrected chi connectivity index (χ2v) is 8.09. The molecule has 0 saturated heterocycles. The van der Waals surface area contributed by atoms with Gasteiger partial charge in [-0.25, -0.2) is 9.37 Å². The first-order valence-electron chi connectivity index (χ1n) is 10.9. The normalized spacial score (nSPS) is 12.1. The first-order valence-corrected chi connectivity index (χ1v) is 10.9. The Morgan fingerprint density at radius 1 is 1.09 bits per heavy atom. The smallest absolute Gasteiger partial charge is 0.243 e. The van der Waals surface area contributed by atoms with E-state index in [-0.39, 0.29) is 11.7 Å². The van der Waals surface area contributed by atoms with Crippen molar-refractivity contribution in [1.29, 1.82) is 0 Å². The molecule has 0 aliphatic rings. The van der Waals surface area contributed by atoms with Gasteiger partial charge in [-0.2, -0.15) is 0 Å². The molecule has 1 amide bonds. The van der Waals surface area contributed by atoms with Gasteiger partial charge in [-0.05, 0) is 73.4 Å². The fraction of sp³-hybridized carbons (Fsp3) is 0.269. The predicted molar refractivity (Wildman–Crippen MR) is 124 cm³/mol. The zero-order chi connectivity index (χ0) is 22.7. The van der Waals surface area contributed by atoms with E-state index < -0.39 is 6.04 Å². The van der Waals surface area contributed by atoms with Crippen LogP contribution in [0.25, 0.3) is 11.0 Å². The summed E-state index contributed by atoms with van der Waals surface area (Å²) in [6, 6.07) is 15.8. The highest BCUT2D eigenvalue weighted by Crippen LogP contribution is 2.28. The average molecular weight is 431 g/mol. The molecule has 32 heavy (non-hydrogen) atoms. The Balaban J connectivity index is 1.72. The van der Waals surface area contributed by atoms with Gasteiger partial charge in [0.2, 0.25) is 5.91 Å². The molecule has 2 aromatic heterocycles. The maximum absolute atomic E-state index is 13.4. The van der Waals surface area contributed by atoms with Crippen molar-refractivity contribution >= 4 is 16.9 Å². The van der Waals surface area contributed by atoms with Crippen molar-refractivity contribution in [1.82, 2.24) is 19.9 Å². The second kappa shape index (κ2) is 9.30. The van der Waals surface area contributed by atoms with Crippen LogP contribution in [-0.2, 0) is 17.8 Å². The summed E-state index contributed by atoms with van der Waals surface area (Å²) < 4.78 is 15.4. The van der Waals surface area contributed by atoms with E-state index in [0.29, 0.717) is 19.4 Å². The summed E-state index contributed by atoms with van der Waals surface area (Å²) in [5.74, 6) is 0.446. The van der Waals surface area contributed by atoms with Crippen LogP contribution >= 0.6 is 0 Å². The van der Waals surface area contributed by atoms with E-state index in [9.17, 15) is 9.18 Å². The third kappa shape index (κ3) is 4.54. The summed E-state index contributed by atoms with van der Waals surface area (Å²) in [6.45, 7) is 6.49. The zero-order valence-electron chi connectivity index (χ0n) is 18.6.